The van der Waals surface area contributed by atoms with E-state index in [9.17, 15) is 9.59 Å². The lowest BCUT2D eigenvalue weighted by Gasteiger charge is -2.36. The molecule has 2 aromatic rings. The number of fused-ring (bicyclic) bond motifs is 1. The standard InChI is InChI=1S/C15H16N2O3/c1-9-12(11-4-2-3-5-13(11)16-9)6-14(18)17-7-10(8-17)15(19)20/h2-5,10,16H,6-8H2,1H3,(H,19,20). The number of aryl methyl sites for hydroxylation is 1. The summed E-state index contributed by atoms with van der Waals surface area (Å²) in [6.07, 6.45) is 0.322. The van der Waals surface area contributed by atoms with E-state index in [2.05, 4.69) is 4.98 Å². The zero-order valence-corrected chi connectivity index (χ0v) is 11.2. The van der Waals surface area contributed by atoms with Crippen LogP contribution in [-0.4, -0.2) is 40.0 Å². The Bertz CT molecular complexity index is 683. The van der Waals surface area contributed by atoms with Crippen LogP contribution in [0, 0.1) is 12.8 Å². The van der Waals surface area contributed by atoms with E-state index in [1.807, 2.05) is 31.2 Å². The number of aromatic nitrogens is 1. The molecule has 0 saturated carbocycles. The van der Waals surface area contributed by atoms with Crippen LogP contribution in [0.3, 0.4) is 0 Å². The second kappa shape index (κ2) is 4.67. The molecule has 1 aromatic heterocycles. The second-order valence-corrected chi connectivity index (χ2v) is 5.28. The number of amides is 1. The van der Waals surface area contributed by atoms with E-state index in [1.165, 1.54) is 0 Å². The molecule has 5 nitrogen and oxygen atoms in total. The second-order valence-electron chi connectivity index (χ2n) is 5.28. The van der Waals surface area contributed by atoms with Crippen LogP contribution in [0.1, 0.15) is 11.3 Å². The van der Waals surface area contributed by atoms with Gasteiger partial charge in [-0.1, -0.05) is 18.2 Å². The van der Waals surface area contributed by atoms with E-state index in [0.29, 0.717) is 19.5 Å². The van der Waals surface area contributed by atoms with Gasteiger partial charge in [-0.2, -0.15) is 0 Å². The van der Waals surface area contributed by atoms with Gasteiger partial charge in [-0.05, 0) is 18.6 Å². The van der Waals surface area contributed by atoms with Gasteiger partial charge >= 0.3 is 5.97 Å². The first-order chi connectivity index (χ1) is 9.56. The zero-order chi connectivity index (χ0) is 14.3. The van der Waals surface area contributed by atoms with Crippen molar-refractivity contribution in [1.82, 2.24) is 9.88 Å². The van der Waals surface area contributed by atoms with Gasteiger partial charge in [0.15, 0.2) is 0 Å². The Labute approximate surface area is 116 Å². The number of aromatic amines is 1. The third-order valence-electron chi connectivity index (χ3n) is 3.94. The maximum absolute atomic E-state index is 12.2. The van der Waals surface area contributed by atoms with Crippen molar-refractivity contribution in [2.75, 3.05) is 13.1 Å². The third-order valence-corrected chi connectivity index (χ3v) is 3.94. The van der Waals surface area contributed by atoms with Crippen molar-refractivity contribution in [2.45, 2.75) is 13.3 Å². The molecule has 20 heavy (non-hydrogen) atoms. The lowest BCUT2D eigenvalue weighted by molar-refractivity contribution is -0.152. The van der Waals surface area contributed by atoms with Crippen LogP contribution in [-0.2, 0) is 16.0 Å². The minimum Gasteiger partial charge on any atom is -0.481 e. The number of hydrogen-bond acceptors (Lipinski definition) is 2. The van der Waals surface area contributed by atoms with Crippen molar-refractivity contribution in [3.05, 3.63) is 35.5 Å². The summed E-state index contributed by atoms with van der Waals surface area (Å²) in [7, 11) is 0. The van der Waals surface area contributed by atoms with Gasteiger partial charge in [-0.25, -0.2) is 0 Å². The average Bonchev–Trinajstić information content (AvgIpc) is 2.64. The molecule has 0 spiro atoms. The van der Waals surface area contributed by atoms with Gasteiger partial charge in [-0.15, -0.1) is 0 Å². The number of carboxylic acid groups (broad SMARTS) is 1. The Balaban J connectivity index is 1.75. The van der Waals surface area contributed by atoms with Crippen LogP contribution in [0.2, 0.25) is 0 Å². The number of benzene rings is 1. The number of likely N-dealkylation sites (tertiary alicyclic amines) is 1. The number of carboxylic acids is 1. The third kappa shape index (κ3) is 2.05. The summed E-state index contributed by atoms with van der Waals surface area (Å²) >= 11 is 0. The minimum atomic E-state index is -0.822. The van der Waals surface area contributed by atoms with E-state index in [1.54, 1.807) is 4.90 Å². The number of H-pyrrole nitrogens is 1. The molecule has 1 saturated heterocycles. The zero-order valence-electron chi connectivity index (χ0n) is 11.2. The Morgan fingerprint density at radius 1 is 1.35 bits per heavy atom. The minimum absolute atomic E-state index is 0.00430. The number of aliphatic carboxylic acids is 1. The fourth-order valence-corrected chi connectivity index (χ4v) is 2.66. The van der Waals surface area contributed by atoms with Crippen molar-refractivity contribution < 1.29 is 14.7 Å². The van der Waals surface area contributed by atoms with Gasteiger partial charge in [0.2, 0.25) is 5.91 Å². The van der Waals surface area contributed by atoms with E-state index < -0.39 is 11.9 Å². The topological polar surface area (TPSA) is 73.4 Å². The summed E-state index contributed by atoms with van der Waals surface area (Å²) in [5, 5.41) is 9.90. The van der Waals surface area contributed by atoms with Gasteiger partial charge in [0, 0.05) is 29.7 Å². The number of rotatable bonds is 3. The predicted molar refractivity (Wildman–Crippen MR) is 74.4 cm³/mol. The highest BCUT2D eigenvalue weighted by Crippen LogP contribution is 2.24. The number of carbonyl (C=O) groups is 2. The number of para-hydroxylation sites is 1. The van der Waals surface area contributed by atoms with Crippen molar-refractivity contribution in [2.24, 2.45) is 5.92 Å². The summed E-state index contributed by atoms with van der Waals surface area (Å²) in [5.74, 6) is -1.23. The van der Waals surface area contributed by atoms with Crippen molar-refractivity contribution in [3.8, 4) is 0 Å². The molecule has 1 aliphatic heterocycles. The lowest BCUT2D eigenvalue weighted by Crippen LogP contribution is -2.53. The van der Waals surface area contributed by atoms with Crippen molar-refractivity contribution >= 4 is 22.8 Å². The summed E-state index contributed by atoms with van der Waals surface area (Å²) in [5.41, 5.74) is 3.03. The molecule has 1 amide bonds. The Hall–Kier alpha value is -2.30. The van der Waals surface area contributed by atoms with Crippen LogP contribution in [0.25, 0.3) is 10.9 Å². The van der Waals surface area contributed by atoms with Gasteiger partial charge in [0.05, 0.1) is 12.3 Å². The molecule has 0 radical (unpaired) electrons. The Morgan fingerprint density at radius 3 is 2.75 bits per heavy atom. The SMILES string of the molecule is Cc1[nH]c2ccccc2c1CC(=O)N1CC(C(=O)O)C1. The summed E-state index contributed by atoms with van der Waals surface area (Å²) in [6, 6.07) is 7.89. The molecule has 2 N–H and O–H groups in total. The van der Waals surface area contributed by atoms with Crippen LogP contribution < -0.4 is 0 Å². The highest BCUT2D eigenvalue weighted by atomic mass is 16.4. The first-order valence-electron chi connectivity index (χ1n) is 6.63. The van der Waals surface area contributed by atoms with Gasteiger partial charge in [-0.3, -0.25) is 9.59 Å². The molecule has 104 valence electrons. The summed E-state index contributed by atoms with van der Waals surface area (Å²) in [4.78, 5) is 27.8. The molecule has 5 heteroatoms. The van der Waals surface area contributed by atoms with E-state index in [-0.39, 0.29) is 5.91 Å². The quantitative estimate of drug-likeness (QED) is 0.890. The normalized spacial score (nSPS) is 15.3. The molecule has 3 rings (SSSR count). The molecular weight excluding hydrogens is 256 g/mol. The Morgan fingerprint density at radius 2 is 2.05 bits per heavy atom. The van der Waals surface area contributed by atoms with E-state index in [4.69, 9.17) is 5.11 Å². The first kappa shape index (κ1) is 12.7. The predicted octanol–water partition coefficient (Wildman–Crippen LogP) is 1.56. The number of nitrogens with zero attached hydrogens (tertiary/aromatic N) is 1. The maximum Gasteiger partial charge on any atom is 0.310 e. The fourth-order valence-electron chi connectivity index (χ4n) is 2.66. The smallest absolute Gasteiger partial charge is 0.310 e. The monoisotopic (exact) mass is 272 g/mol. The first-order valence-corrected chi connectivity index (χ1v) is 6.63. The maximum atomic E-state index is 12.2. The summed E-state index contributed by atoms with van der Waals surface area (Å²) in [6.45, 7) is 2.61. The van der Waals surface area contributed by atoms with Gasteiger partial charge in [0.1, 0.15) is 0 Å². The Kier molecular flexibility index (Phi) is 2.97. The molecule has 0 aliphatic carbocycles. The van der Waals surface area contributed by atoms with E-state index >= 15 is 0 Å². The van der Waals surface area contributed by atoms with Gasteiger partial charge < -0.3 is 15.0 Å². The molecule has 2 heterocycles. The molecular formula is C15H16N2O3. The number of nitrogens with one attached hydrogen (secondary N) is 1. The highest BCUT2D eigenvalue weighted by Gasteiger charge is 2.35. The molecule has 0 bridgehead atoms. The van der Waals surface area contributed by atoms with Gasteiger partial charge in [0.25, 0.3) is 0 Å². The van der Waals surface area contributed by atoms with Crippen LogP contribution in [0.5, 0.6) is 0 Å². The van der Waals surface area contributed by atoms with Crippen molar-refractivity contribution in [3.63, 3.8) is 0 Å². The fraction of sp³-hybridized carbons (Fsp3) is 0.333. The molecule has 0 unspecified atom stereocenters. The van der Waals surface area contributed by atoms with Crippen LogP contribution >= 0.6 is 0 Å². The molecule has 1 aliphatic rings. The molecule has 1 fully saturated rings. The average molecular weight is 272 g/mol. The molecule has 1 aromatic carbocycles. The van der Waals surface area contributed by atoms with Crippen molar-refractivity contribution in [1.29, 1.82) is 0 Å². The van der Waals surface area contributed by atoms with E-state index in [0.717, 1.165) is 22.2 Å². The highest BCUT2D eigenvalue weighted by molar-refractivity contribution is 5.90. The van der Waals surface area contributed by atoms with Crippen LogP contribution in [0.15, 0.2) is 24.3 Å². The molecule has 0 atom stereocenters. The largest absolute Gasteiger partial charge is 0.481 e. The number of carbonyl (C=O) groups excluding carboxylic acids is 1. The van der Waals surface area contributed by atoms with Crippen LogP contribution in [0.4, 0.5) is 0 Å². The number of hydrogen-bond donors (Lipinski definition) is 2. The lowest BCUT2D eigenvalue weighted by atomic mass is 9.98. The summed E-state index contributed by atoms with van der Waals surface area (Å²) < 4.78 is 0.